The Hall–Kier alpha value is -2.37. The van der Waals surface area contributed by atoms with E-state index in [4.69, 9.17) is 9.47 Å². The Kier molecular flexibility index (Phi) is 3.74. The molecule has 0 fully saturated rings. The number of pyridine rings is 1. The molecule has 0 aliphatic rings. The van der Waals surface area contributed by atoms with E-state index in [1.165, 1.54) is 13.2 Å². The predicted molar refractivity (Wildman–Crippen MR) is 75.5 cm³/mol. The number of nitrogens with zero attached hydrogens (tertiary/aromatic N) is 2. The van der Waals surface area contributed by atoms with Gasteiger partial charge in [-0.25, -0.2) is 4.98 Å². The van der Waals surface area contributed by atoms with Crippen molar-refractivity contribution in [3.05, 3.63) is 34.0 Å². The molecular formula is C14H16N2O4. The first-order chi connectivity index (χ1) is 9.43. The number of ether oxygens (including phenoxy) is 2. The number of methoxy groups -OCH3 is 1. The standard InChI is InChI=1S/C14H16N2O4/c1-8(2)20-14-10-5-9(3)7-15-13(10)11(16(17)18)6-12(14)19-4/h5-8H,1-4H3. The summed E-state index contributed by atoms with van der Waals surface area (Å²) in [7, 11) is 1.46. The van der Waals surface area contributed by atoms with Gasteiger partial charge in [-0.1, -0.05) is 0 Å². The monoisotopic (exact) mass is 276 g/mol. The van der Waals surface area contributed by atoms with Gasteiger partial charge in [0, 0.05) is 6.20 Å². The third-order valence-electron chi connectivity index (χ3n) is 2.77. The summed E-state index contributed by atoms with van der Waals surface area (Å²) in [4.78, 5) is 14.9. The maximum atomic E-state index is 11.2. The summed E-state index contributed by atoms with van der Waals surface area (Å²) in [6.45, 7) is 5.64. The van der Waals surface area contributed by atoms with Crippen molar-refractivity contribution >= 4 is 16.6 Å². The number of benzene rings is 1. The minimum atomic E-state index is -0.466. The molecule has 0 amide bonds. The number of non-ortho nitro benzene ring substituents is 1. The van der Waals surface area contributed by atoms with Crippen LogP contribution in [-0.4, -0.2) is 23.1 Å². The Labute approximate surface area is 116 Å². The summed E-state index contributed by atoms with van der Waals surface area (Å²) in [6.07, 6.45) is 1.52. The highest BCUT2D eigenvalue weighted by molar-refractivity contribution is 5.95. The van der Waals surface area contributed by atoms with E-state index in [0.717, 1.165) is 5.56 Å². The average molecular weight is 276 g/mol. The Bertz CT molecular complexity index is 668. The zero-order valence-electron chi connectivity index (χ0n) is 11.8. The fraction of sp³-hybridized carbons (Fsp3) is 0.357. The Morgan fingerprint density at radius 3 is 2.60 bits per heavy atom. The first-order valence-corrected chi connectivity index (χ1v) is 6.22. The molecule has 20 heavy (non-hydrogen) atoms. The van der Waals surface area contributed by atoms with Crippen molar-refractivity contribution in [3.8, 4) is 11.5 Å². The van der Waals surface area contributed by atoms with Gasteiger partial charge in [-0.2, -0.15) is 0 Å². The molecule has 6 heteroatoms. The fourth-order valence-corrected chi connectivity index (χ4v) is 1.99. The predicted octanol–water partition coefficient (Wildman–Crippen LogP) is 3.25. The van der Waals surface area contributed by atoms with Crippen LogP contribution < -0.4 is 9.47 Å². The minimum Gasteiger partial charge on any atom is -0.493 e. The van der Waals surface area contributed by atoms with E-state index in [1.54, 1.807) is 6.20 Å². The number of aryl methyl sites for hydroxylation is 1. The van der Waals surface area contributed by atoms with Crippen LogP contribution in [0.4, 0.5) is 5.69 Å². The van der Waals surface area contributed by atoms with Crippen LogP contribution in [0, 0.1) is 17.0 Å². The maximum Gasteiger partial charge on any atom is 0.299 e. The molecule has 0 bridgehead atoms. The molecule has 106 valence electrons. The van der Waals surface area contributed by atoms with E-state index >= 15 is 0 Å². The third-order valence-corrected chi connectivity index (χ3v) is 2.77. The van der Waals surface area contributed by atoms with E-state index in [1.807, 2.05) is 26.8 Å². The van der Waals surface area contributed by atoms with Gasteiger partial charge in [0.25, 0.3) is 5.69 Å². The first kappa shape index (κ1) is 14.0. The molecule has 0 aliphatic heterocycles. The van der Waals surface area contributed by atoms with E-state index in [0.29, 0.717) is 22.4 Å². The van der Waals surface area contributed by atoms with Gasteiger partial charge in [0.1, 0.15) is 0 Å². The average Bonchev–Trinajstić information content (AvgIpc) is 2.38. The quantitative estimate of drug-likeness (QED) is 0.633. The molecular weight excluding hydrogens is 260 g/mol. The van der Waals surface area contributed by atoms with Gasteiger partial charge in [-0.3, -0.25) is 10.1 Å². The van der Waals surface area contributed by atoms with E-state index in [9.17, 15) is 10.1 Å². The number of nitro groups is 1. The van der Waals surface area contributed by atoms with E-state index in [-0.39, 0.29) is 11.8 Å². The molecule has 0 radical (unpaired) electrons. The lowest BCUT2D eigenvalue weighted by molar-refractivity contribution is -0.383. The van der Waals surface area contributed by atoms with Gasteiger partial charge in [-0.15, -0.1) is 0 Å². The summed E-state index contributed by atoms with van der Waals surface area (Å²) >= 11 is 0. The van der Waals surface area contributed by atoms with Crippen LogP contribution in [0.3, 0.4) is 0 Å². The van der Waals surface area contributed by atoms with Gasteiger partial charge >= 0.3 is 0 Å². The lowest BCUT2D eigenvalue weighted by Gasteiger charge is -2.16. The third kappa shape index (κ3) is 2.49. The first-order valence-electron chi connectivity index (χ1n) is 6.22. The molecule has 0 atom stereocenters. The van der Waals surface area contributed by atoms with Crippen molar-refractivity contribution in [1.29, 1.82) is 0 Å². The normalized spacial score (nSPS) is 10.8. The van der Waals surface area contributed by atoms with Crippen molar-refractivity contribution in [3.63, 3.8) is 0 Å². The Morgan fingerprint density at radius 2 is 2.05 bits per heavy atom. The highest BCUT2D eigenvalue weighted by atomic mass is 16.6. The number of hydrogen-bond donors (Lipinski definition) is 0. The van der Waals surface area contributed by atoms with Gasteiger partial charge in [-0.05, 0) is 32.4 Å². The maximum absolute atomic E-state index is 11.2. The second-order valence-corrected chi connectivity index (χ2v) is 4.76. The van der Waals surface area contributed by atoms with Crippen molar-refractivity contribution in [1.82, 2.24) is 4.98 Å². The van der Waals surface area contributed by atoms with Gasteiger partial charge in [0.15, 0.2) is 17.0 Å². The van der Waals surface area contributed by atoms with Crippen LogP contribution in [0.15, 0.2) is 18.3 Å². The molecule has 0 saturated heterocycles. The van der Waals surface area contributed by atoms with Crippen LogP contribution in [0.2, 0.25) is 0 Å². The Morgan fingerprint density at radius 1 is 1.35 bits per heavy atom. The molecule has 2 aromatic rings. The highest BCUT2D eigenvalue weighted by Crippen LogP contribution is 2.41. The summed E-state index contributed by atoms with van der Waals surface area (Å²) in [6, 6.07) is 3.16. The molecule has 0 aliphatic carbocycles. The molecule has 1 aromatic heterocycles. The zero-order valence-corrected chi connectivity index (χ0v) is 11.8. The van der Waals surface area contributed by atoms with Crippen LogP contribution in [0.1, 0.15) is 19.4 Å². The lowest BCUT2D eigenvalue weighted by atomic mass is 10.1. The van der Waals surface area contributed by atoms with E-state index < -0.39 is 4.92 Å². The molecule has 0 saturated carbocycles. The molecule has 0 spiro atoms. The number of rotatable bonds is 4. The number of fused-ring (bicyclic) bond motifs is 1. The van der Waals surface area contributed by atoms with Crippen LogP contribution in [-0.2, 0) is 0 Å². The van der Waals surface area contributed by atoms with Crippen molar-refractivity contribution in [2.75, 3.05) is 7.11 Å². The smallest absolute Gasteiger partial charge is 0.299 e. The minimum absolute atomic E-state index is 0.0749. The number of aromatic nitrogens is 1. The molecule has 0 unspecified atom stereocenters. The van der Waals surface area contributed by atoms with Crippen molar-refractivity contribution < 1.29 is 14.4 Å². The summed E-state index contributed by atoms with van der Waals surface area (Å²) < 4.78 is 11.0. The number of hydrogen-bond acceptors (Lipinski definition) is 5. The summed E-state index contributed by atoms with van der Waals surface area (Å²) in [5.41, 5.74) is 1.11. The molecule has 2 rings (SSSR count). The largest absolute Gasteiger partial charge is 0.493 e. The van der Waals surface area contributed by atoms with Crippen LogP contribution in [0.25, 0.3) is 10.9 Å². The molecule has 1 aromatic carbocycles. The molecule has 6 nitrogen and oxygen atoms in total. The fourth-order valence-electron chi connectivity index (χ4n) is 1.99. The van der Waals surface area contributed by atoms with Crippen LogP contribution >= 0.6 is 0 Å². The van der Waals surface area contributed by atoms with Crippen molar-refractivity contribution in [2.45, 2.75) is 26.9 Å². The summed E-state index contributed by atoms with van der Waals surface area (Å²) in [5, 5.41) is 11.8. The van der Waals surface area contributed by atoms with Gasteiger partial charge < -0.3 is 9.47 Å². The van der Waals surface area contributed by atoms with Gasteiger partial charge in [0.05, 0.1) is 29.6 Å². The SMILES string of the molecule is COc1cc([N+](=O)[O-])c2ncc(C)cc2c1OC(C)C. The Balaban J connectivity index is 2.84. The molecule has 0 N–H and O–H groups in total. The van der Waals surface area contributed by atoms with E-state index in [2.05, 4.69) is 4.98 Å². The van der Waals surface area contributed by atoms with Crippen molar-refractivity contribution in [2.24, 2.45) is 0 Å². The lowest BCUT2D eigenvalue weighted by Crippen LogP contribution is -2.08. The summed E-state index contributed by atoms with van der Waals surface area (Å²) in [5.74, 6) is 0.824. The van der Waals surface area contributed by atoms with Crippen LogP contribution in [0.5, 0.6) is 11.5 Å². The molecule has 1 heterocycles. The second-order valence-electron chi connectivity index (χ2n) is 4.76. The zero-order chi connectivity index (χ0) is 14.9. The second kappa shape index (κ2) is 5.32. The topological polar surface area (TPSA) is 74.5 Å². The number of nitro benzene ring substituents is 1. The van der Waals surface area contributed by atoms with Gasteiger partial charge in [0.2, 0.25) is 0 Å². The highest BCUT2D eigenvalue weighted by Gasteiger charge is 2.22.